The van der Waals surface area contributed by atoms with Gasteiger partial charge in [-0.25, -0.2) is 9.97 Å². The van der Waals surface area contributed by atoms with Gasteiger partial charge in [-0.1, -0.05) is 27.9 Å². The highest BCUT2D eigenvalue weighted by Crippen LogP contribution is 2.26. The summed E-state index contributed by atoms with van der Waals surface area (Å²) >= 11 is 3.45. The molecule has 2 aromatic carbocycles. The molecule has 0 saturated carbocycles. The van der Waals surface area contributed by atoms with Crippen molar-refractivity contribution in [2.24, 2.45) is 0 Å². The Kier molecular flexibility index (Phi) is 7.67. The van der Waals surface area contributed by atoms with Gasteiger partial charge in [0.1, 0.15) is 12.1 Å². The fourth-order valence-electron chi connectivity index (χ4n) is 2.21. The zero-order valence-electron chi connectivity index (χ0n) is 15.5. The zero-order valence-corrected chi connectivity index (χ0v) is 17.9. The summed E-state index contributed by atoms with van der Waals surface area (Å²) in [5.74, 6) is 5.33. The molecule has 0 radical (unpaired) electrons. The number of anilines is 3. The lowest BCUT2D eigenvalue weighted by Gasteiger charge is -2.10. The predicted octanol–water partition coefficient (Wildman–Crippen LogP) is 3.60. The van der Waals surface area contributed by atoms with Crippen molar-refractivity contribution in [3.05, 3.63) is 53.3 Å². The van der Waals surface area contributed by atoms with E-state index in [2.05, 4.69) is 48.4 Å². The number of benzene rings is 2. The van der Waals surface area contributed by atoms with Crippen molar-refractivity contribution in [2.45, 2.75) is 6.92 Å². The first-order chi connectivity index (χ1) is 13.7. The first-order valence-electron chi connectivity index (χ1n) is 8.09. The topological polar surface area (TPSA) is 121 Å². The smallest absolute Gasteiger partial charge is 0.300 e. The number of halogens is 1. The lowest BCUT2D eigenvalue weighted by atomic mass is 10.2. The van der Waals surface area contributed by atoms with Gasteiger partial charge in [-0.05, 0) is 49.2 Å². The van der Waals surface area contributed by atoms with E-state index in [9.17, 15) is 13.2 Å². The monoisotopic (exact) mass is 476 g/mol. The number of nitrogens with zero attached hydrogens (tertiary/aromatic N) is 2. The Balaban J connectivity index is 0.000000537. The van der Waals surface area contributed by atoms with E-state index in [0.717, 1.165) is 21.1 Å². The molecule has 0 aliphatic heterocycles. The van der Waals surface area contributed by atoms with Gasteiger partial charge in [0.15, 0.2) is 0 Å². The summed E-state index contributed by atoms with van der Waals surface area (Å²) in [5.41, 5.74) is 2.32. The lowest BCUT2D eigenvalue weighted by Crippen LogP contribution is -2.08. The highest BCUT2D eigenvalue weighted by Gasteiger charge is 2.07. The standard InChI is InChI=1S/C18H13BrN4O.CH4O3S/c1-2-4-17(24)22-14-7-8-16-15(10-14)18(21-11-20-16)23-13-6-3-5-12(19)9-13;1-5(2,3)4/h3,5-11H,1H3,(H,22,24)(H,20,21,23);1H3,(H,2,3,4). The van der Waals surface area contributed by atoms with Gasteiger partial charge >= 0.3 is 0 Å². The van der Waals surface area contributed by atoms with Crippen molar-refractivity contribution in [2.75, 3.05) is 16.9 Å². The molecule has 0 atom stereocenters. The van der Waals surface area contributed by atoms with Crippen molar-refractivity contribution in [1.29, 1.82) is 0 Å². The fourth-order valence-corrected chi connectivity index (χ4v) is 2.61. The molecule has 1 amide bonds. The van der Waals surface area contributed by atoms with E-state index in [1.165, 1.54) is 6.33 Å². The minimum absolute atomic E-state index is 0.352. The third kappa shape index (κ3) is 7.87. The molecule has 1 aromatic heterocycles. The number of amides is 1. The normalized spacial score (nSPS) is 10.2. The van der Waals surface area contributed by atoms with Gasteiger partial charge in [0, 0.05) is 21.2 Å². The molecule has 0 aliphatic rings. The summed E-state index contributed by atoms with van der Waals surface area (Å²) in [4.78, 5) is 20.2. The van der Waals surface area contributed by atoms with E-state index >= 15 is 0 Å². The summed E-state index contributed by atoms with van der Waals surface area (Å²) < 4.78 is 26.8. The molecule has 1 heterocycles. The van der Waals surface area contributed by atoms with Gasteiger partial charge in [0.25, 0.3) is 16.0 Å². The molecule has 10 heteroatoms. The number of carbonyl (C=O) groups is 1. The highest BCUT2D eigenvalue weighted by atomic mass is 79.9. The molecular formula is C19H17BrN4O4S. The van der Waals surface area contributed by atoms with Gasteiger partial charge in [0.2, 0.25) is 0 Å². The fraction of sp³-hybridized carbons (Fsp3) is 0.105. The van der Waals surface area contributed by atoms with E-state index in [0.29, 0.717) is 17.8 Å². The lowest BCUT2D eigenvalue weighted by molar-refractivity contribution is -0.111. The van der Waals surface area contributed by atoms with Crippen LogP contribution in [0.25, 0.3) is 10.9 Å². The summed E-state index contributed by atoms with van der Waals surface area (Å²) in [6.45, 7) is 1.62. The maximum Gasteiger partial charge on any atom is 0.300 e. The van der Waals surface area contributed by atoms with Crippen molar-refractivity contribution < 1.29 is 17.8 Å². The summed E-state index contributed by atoms with van der Waals surface area (Å²) in [6, 6.07) is 13.2. The number of hydrogen-bond acceptors (Lipinski definition) is 6. The summed E-state index contributed by atoms with van der Waals surface area (Å²) in [7, 11) is -3.67. The average molecular weight is 477 g/mol. The minimum Gasteiger partial charge on any atom is -0.340 e. The van der Waals surface area contributed by atoms with Crippen LogP contribution in [0.4, 0.5) is 17.2 Å². The summed E-state index contributed by atoms with van der Waals surface area (Å²) in [6.07, 6.45) is 2.22. The number of aromatic nitrogens is 2. The third-order valence-electron chi connectivity index (χ3n) is 3.22. The molecule has 29 heavy (non-hydrogen) atoms. The Labute approximate surface area is 176 Å². The molecule has 3 rings (SSSR count). The number of rotatable bonds is 3. The maximum atomic E-state index is 11.6. The molecule has 0 unspecified atom stereocenters. The van der Waals surface area contributed by atoms with Gasteiger partial charge in [-0.3, -0.25) is 9.35 Å². The molecule has 150 valence electrons. The number of nitrogens with one attached hydrogen (secondary N) is 2. The van der Waals surface area contributed by atoms with E-state index in [-0.39, 0.29) is 5.91 Å². The van der Waals surface area contributed by atoms with Crippen LogP contribution in [0, 0.1) is 11.8 Å². The second-order valence-electron chi connectivity index (χ2n) is 5.65. The Morgan fingerprint density at radius 1 is 1.14 bits per heavy atom. The molecule has 0 saturated heterocycles. The molecule has 0 spiro atoms. The largest absolute Gasteiger partial charge is 0.340 e. The number of carbonyl (C=O) groups excluding carboxylic acids is 1. The average Bonchev–Trinajstić information content (AvgIpc) is 2.61. The molecular weight excluding hydrogens is 460 g/mol. The molecule has 0 bridgehead atoms. The minimum atomic E-state index is -3.67. The van der Waals surface area contributed by atoms with Gasteiger partial charge in [-0.2, -0.15) is 8.42 Å². The molecule has 8 nitrogen and oxygen atoms in total. The Morgan fingerprint density at radius 2 is 1.86 bits per heavy atom. The first kappa shape index (κ1) is 22.3. The first-order valence-corrected chi connectivity index (χ1v) is 10.7. The molecule has 0 fully saturated rings. The molecule has 3 N–H and O–H groups in total. The molecule has 3 aromatic rings. The van der Waals surface area contributed by atoms with E-state index in [4.69, 9.17) is 4.55 Å². The van der Waals surface area contributed by atoms with Crippen LogP contribution in [0.3, 0.4) is 0 Å². The predicted molar refractivity (Wildman–Crippen MR) is 117 cm³/mol. The highest BCUT2D eigenvalue weighted by molar-refractivity contribution is 9.10. The second-order valence-corrected chi connectivity index (χ2v) is 8.03. The van der Waals surface area contributed by atoms with Crippen molar-refractivity contribution >= 4 is 60.1 Å². The van der Waals surface area contributed by atoms with E-state index in [1.54, 1.807) is 13.0 Å². The van der Waals surface area contributed by atoms with Crippen LogP contribution in [0.15, 0.2) is 53.3 Å². The van der Waals surface area contributed by atoms with Gasteiger partial charge in [0.05, 0.1) is 11.8 Å². The van der Waals surface area contributed by atoms with E-state index < -0.39 is 10.1 Å². The summed E-state index contributed by atoms with van der Waals surface area (Å²) in [5, 5.41) is 6.81. The van der Waals surface area contributed by atoms with Crippen LogP contribution < -0.4 is 10.6 Å². The van der Waals surface area contributed by atoms with Crippen LogP contribution >= 0.6 is 15.9 Å². The van der Waals surface area contributed by atoms with Crippen molar-refractivity contribution in [3.8, 4) is 11.8 Å². The quantitative estimate of drug-likeness (QED) is 0.389. The van der Waals surface area contributed by atoms with Crippen molar-refractivity contribution in [1.82, 2.24) is 9.97 Å². The Hall–Kier alpha value is -3.00. The van der Waals surface area contributed by atoms with Crippen LogP contribution in [0.5, 0.6) is 0 Å². The van der Waals surface area contributed by atoms with E-state index in [1.807, 2.05) is 36.4 Å². The Bertz CT molecular complexity index is 1200. The Morgan fingerprint density at radius 3 is 2.52 bits per heavy atom. The van der Waals surface area contributed by atoms with Gasteiger partial charge in [-0.15, -0.1) is 0 Å². The van der Waals surface area contributed by atoms with Crippen LogP contribution in [0.2, 0.25) is 0 Å². The van der Waals surface area contributed by atoms with Crippen LogP contribution in [0.1, 0.15) is 6.92 Å². The van der Waals surface area contributed by atoms with Gasteiger partial charge < -0.3 is 10.6 Å². The number of hydrogen-bond donors (Lipinski definition) is 3. The maximum absolute atomic E-state index is 11.6. The molecule has 0 aliphatic carbocycles. The second kappa shape index (κ2) is 9.97. The van der Waals surface area contributed by atoms with Crippen molar-refractivity contribution in [3.63, 3.8) is 0 Å². The number of fused-ring (bicyclic) bond motifs is 1. The third-order valence-corrected chi connectivity index (χ3v) is 3.71. The van der Waals surface area contributed by atoms with Crippen LogP contribution in [-0.4, -0.2) is 35.1 Å². The SMILES string of the molecule is CC#CC(=O)Nc1ccc2ncnc(Nc3cccc(Br)c3)c2c1.CS(=O)(=O)O. The van der Waals surface area contributed by atoms with Crippen LogP contribution in [-0.2, 0) is 14.9 Å². The zero-order chi connectivity index (χ0) is 21.4.